The fourth-order valence-corrected chi connectivity index (χ4v) is 2.49. The summed E-state index contributed by atoms with van der Waals surface area (Å²) < 4.78 is 25.3. The Morgan fingerprint density at radius 2 is 2.18 bits per heavy atom. The van der Waals surface area contributed by atoms with E-state index in [1.54, 1.807) is 6.07 Å². The maximum absolute atomic E-state index is 11.6. The molecule has 0 amide bonds. The van der Waals surface area contributed by atoms with Gasteiger partial charge in [0, 0.05) is 0 Å². The molecule has 1 aromatic rings. The summed E-state index contributed by atoms with van der Waals surface area (Å²) in [6.07, 6.45) is 0. The number of aromatic carboxylic acids is 1. The number of hydrogen-bond donors (Lipinski definition) is 2. The Bertz CT molecular complexity index is 592. The molecule has 6 nitrogen and oxygen atoms in total. The van der Waals surface area contributed by atoms with E-state index in [1.807, 2.05) is 4.72 Å². The van der Waals surface area contributed by atoms with Crippen LogP contribution in [0.25, 0.3) is 0 Å². The van der Waals surface area contributed by atoms with E-state index in [0.29, 0.717) is 0 Å². The minimum absolute atomic E-state index is 0.111. The van der Waals surface area contributed by atoms with Crippen LogP contribution in [-0.4, -0.2) is 26.0 Å². The summed E-state index contributed by atoms with van der Waals surface area (Å²) in [4.78, 5) is 10.3. The van der Waals surface area contributed by atoms with Gasteiger partial charge < -0.3 is 5.11 Å². The third-order valence-corrected chi connectivity index (χ3v) is 3.69. The fraction of sp³-hybridized carbons (Fsp3) is 0.111. The summed E-state index contributed by atoms with van der Waals surface area (Å²) in [5.74, 6) is -1.27. The smallest absolute Gasteiger partial charge is 0.335 e. The van der Waals surface area contributed by atoms with Gasteiger partial charge in [0.05, 0.1) is 23.2 Å². The number of rotatable bonds is 4. The van der Waals surface area contributed by atoms with Gasteiger partial charge in [-0.3, -0.25) is 0 Å². The zero-order chi connectivity index (χ0) is 13.1. The van der Waals surface area contributed by atoms with Crippen molar-refractivity contribution < 1.29 is 18.3 Å². The molecule has 0 unspecified atom stereocenters. The highest BCUT2D eigenvalue weighted by Crippen LogP contribution is 2.22. The monoisotopic (exact) mass is 274 g/mol. The topological polar surface area (TPSA) is 107 Å². The highest BCUT2D eigenvalue weighted by Gasteiger charge is 2.19. The lowest BCUT2D eigenvalue weighted by Crippen LogP contribution is -2.24. The number of nitriles is 1. The van der Waals surface area contributed by atoms with E-state index in [-0.39, 0.29) is 15.5 Å². The molecule has 2 N–H and O–H groups in total. The molecule has 0 radical (unpaired) electrons. The van der Waals surface area contributed by atoms with E-state index < -0.39 is 22.5 Å². The lowest BCUT2D eigenvalue weighted by atomic mass is 10.2. The summed E-state index contributed by atoms with van der Waals surface area (Å²) in [7, 11) is -3.98. The molecule has 0 aromatic heterocycles. The van der Waals surface area contributed by atoms with Crippen LogP contribution in [0.2, 0.25) is 5.02 Å². The number of carboxylic acid groups (broad SMARTS) is 1. The quantitative estimate of drug-likeness (QED) is 0.791. The molecule has 1 rings (SSSR count). The van der Waals surface area contributed by atoms with Crippen molar-refractivity contribution in [1.82, 2.24) is 4.72 Å². The molecule has 0 atom stereocenters. The van der Waals surface area contributed by atoms with E-state index in [2.05, 4.69) is 0 Å². The molecule has 0 aliphatic heterocycles. The first-order valence-electron chi connectivity index (χ1n) is 4.28. The Hall–Kier alpha value is -1.62. The first-order chi connectivity index (χ1) is 7.88. The van der Waals surface area contributed by atoms with Gasteiger partial charge in [-0.2, -0.15) is 9.98 Å². The Labute approximate surface area is 102 Å². The first kappa shape index (κ1) is 13.4. The third kappa shape index (κ3) is 3.17. The van der Waals surface area contributed by atoms with E-state index in [9.17, 15) is 13.2 Å². The van der Waals surface area contributed by atoms with Crippen molar-refractivity contribution in [1.29, 1.82) is 5.26 Å². The minimum atomic E-state index is -3.98. The second-order valence-corrected chi connectivity index (χ2v) is 5.08. The Morgan fingerprint density at radius 1 is 1.53 bits per heavy atom. The maximum atomic E-state index is 11.6. The number of carbonyl (C=O) groups is 1. The van der Waals surface area contributed by atoms with Crippen LogP contribution in [0.5, 0.6) is 0 Å². The predicted octanol–water partition coefficient (Wildman–Crippen LogP) is 0.840. The average molecular weight is 275 g/mol. The maximum Gasteiger partial charge on any atom is 0.335 e. The van der Waals surface area contributed by atoms with Crippen molar-refractivity contribution in [2.45, 2.75) is 4.90 Å². The Morgan fingerprint density at radius 3 is 2.71 bits per heavy atom. The van der Waals surface area contributed by atoms with Crippen LogP contribution in [0.1, 0.15) is 10.4 Å². The molecular weight excluding hydrogens is 268 g/mol. The highest BCUT2D eigenvalue weighted by molar-refractivity contribution is 7.89. The van der Waals surface area contributed by atoms with Crippen molar-refractivity contribution in [2.24, 2.45) is 0 Å². The number of carboxylic acids is 1. The second kappa shape index (κ2) is 5.14. The van der Waals surface area contributed by atoms with Crippen molar-refractivity contribution >= 4 is 27.6 Å². The molecule has 0 bridgehead atoms. The van der Waals surface area contributed by atoms with Gasteiger partial charge in [0.25, 0.3) is 0 Å². The Balaban J connectivity index is 3.26. The molecule has 90 valence electrons. The molecule has 0 aliphatic carbocycles. The Kier molecular flexibility index (Phi) is 4.07. The standard InChI is InChI=1S/C9H7ClN2O4S/c10-7-2-1-6(9(13)14)5-8(7)17(15,16)12-4-3-11/h1-2,5,12H,4H2,(H,13,14). The molecule has 0 aliphatic rings. The van der Waals surface area contributed by atoms with Gasteiger partial charge in [0.15, 0.2) is 0 Å². The molecular formula is C9H7ClN2O4S. The van der Waals surface area contributed by atoms with Crippen LogP contribution in [0.15, 0.2) is 23.1 Å². The van der Waals surface area contributed by atoms with E-state index in [4.69, 9.17) is 22.0 Å². The molecule has 0 heterocycles. The largest absolute Gasteiger partial charge is 0.478 e. The van der Waals surface area contributed by atoms with Crippen LogP contribution in [0.4, 0.5) is 0 Å². The van der Waals surface area contributed by atoms with Crippen molar-refractivity contribution in [3.8, 4) is 6.07 Å². The van der Waals surface area contributed by atoms with Crippen molar-refractivity contribution in [3.05, 3.63) is 28.8 Å². The summed E-state index contributed by atoms with van der Waals surface area (Å²) in [5, 5.41) is 16.9. The van der Waals surface area contributed by atoms with Gasteiger partial charge in [0.1, 0.15) is 4.90 Å². The molecule has 0 spiro atoms. The predicted molar refractivity (Wildman–Crippen MR) is 59.2 cm³/mol. The van der Waals surface area contributed by atoms with Crippen LogP contribution in [0.3, 0.4) is 0 Å². The third-order valence-electron chi connectivity index (χ3n) is 1.81. The van der Waals surface area contributed by atoms with E-state index in [0.717, 1.165) is 6.07 Å². The van der Waals surface area contributed by atoms with E-state index >= 15 is 0 Å². The zero-order valence-electron chi connectivity index (χ0n) is 8.34. The number of halogens is 1. The lowest BCUT2D eigenvalue weighted by Gasteiger charge is -2.06. The number of sulfonamides is 1. The molecule has 8 heteroatoms. The molecule has 0 fully saturated rings. The SMILES string of the molecule is N#CCNS(=O)(=O)c1cc(C(=O)O)ccc1Cl. The van der Waals surface area contributed by atoms with Crippen LogP contribution >= 0.6 is 11.6 Å². The molecule has 17 heavy (non-hydrogen) atoms. The number of nitrogens with one attached hydrogen (secondary N) is 1. The number of nitrogens with zero attached hydrogens (tertiary/aromatic N) is 1. The van der Waals surface area contributed by atoms with Gasteiger partial charge in [-0.05, 0) is 18.2 Å². The van der Waals surface area contributed by atoms with Gasteiger partial charge >= 0.3 is 5.97 Å². The van der Waals surface area contributed by atoms with Crippen LogP contribution < -0.4 is 4.72 Å². The molecule has 1 aromatic carbocycles. The first-order valence-corrected chi connectivity index (χ1v) is 6.14. The fourth-order valence-electron chi connectivity index (χ4n) is 1.05. The minimum Gasteiger partial charge on any atom is -0.478 e. The van der Waals surface area contributed by atoms with Gasteiger partial charge in [-0.25, -0.2) is 13.2 Å². The lowest BCUT2D eigenvalue weighted by molar-refractivity contribution is 0.0696. The normalized spacial score (nSPS) is 10.8. The highest BCUT2D eigenvalue weighted by atomic mass is 35.5. The second-order valence-electron chi connectivity index (χ2n) is 2.93. The summed E-state index contributed by atoms with van der Waals surface area (Å²) in [6.45, 7) is -0.421. The molecule has 0 saturated heterocycles. The average Bonchev–Trinajstić information content (AvgIpc) is 2.26. The zero-order valence-corrected chi connectivity index (χ0v) is 9.92. The van der Waals surface area contributed by atoms with Gasteiger partial charge in [0.2, 0.25) is 10.0 Å². The summed E-state index contributed by atoms with van der Waals surface area (Å²) in [5.41, 5.74) is -0.202. The van der Waals surface area contributed by atoms with Crippen molar-refractivity contribution in [2.75, 3.05) is 6.54 Å². The summed E-state index contributed by atoms with van der Waals surface area (Å²) >= 11 is 5.67. The van der Waals surface area contributed by atoms with E-state index in [1.165, 1.54) is 12.1 Å². The van der Waals surface area contributed by atoms with Crippen LogP contribution in [-0.2, 0) is 10.0 Å². The van der Waals surface area contributed by atoms with Gasteiger partial charge in [-0.15, -0.1) is 0 Å². The van der Waals surface area contributed by atoms with Crippen LogP contribution in [0, 0.1) is 11.3 Å². The van der Waals surface area contributed by atoms with Gasteiger partial charge in [-0.1, -0.05) is 11.6 Å². The number of hydrogen-bond acceptors (Lipinski definition) is 4. The number of benzene rings is 1. The summed E-state index contributed by atoms with van der Waals surface area (Å²) in [6, 6.07) is 4.90. The van der Waals surface area contributed by atoms with Crippen molar-refractivity contribution in [3.63, 3.8) is 0 Å². The molecule has 0 saturated carbocycles.